The number of alkyl halides is 6. The van der Waals surface area contributed by atoms with Crippen molar-refractivity contribution in [1.29, 1.82) is 0 Å². The Morgan fingerprint density at radius 2 is 1.67 bits per heavy atom. The van der Waals surface area contributed by atoms with Gasteiger partial charge in [0.25, 0.3) is 0 Å². The molecule has 2 aromatic heterocycles. The third kappa shape index (κ3) is 9.91. The molecule has 4 heterocycles. The zero-order valence-corrected chi connectivity index (χ0v) is 20.0. The molecule has 0 bridgehead atoms. The summed E-state index contributed by atoms with van der Waals surface area (Å²) in [6.45, 7) is 3.96. The molecule has 0 radical (unpaired) electrons. The second kappa shape index (κ2) is 12.7. The zero-order chi connectivity index (χ0) is 27.0. The highest BCUT2D eigenvalue weighted by atomic mass is 32.2. The minimum Gasteiger partial charge on any atom is -0.475 e. The highest BCUT2D eigenvalue weighted by Crippen LogP contribution is 2.46. The molecule has 2 aliphatic rings. The van der Waals surface area contributed by atoms with Crippen LogP contribution < -0.4 is 0 Å². The largest absolute Gasteiger partial charge is 0.490 e. The predicted octanol–water partition coefficient (Wildman–Crippen LogP) is 4.08. The van der Waals surface area contributed by atoms with Gasteiger partial charge in [-0.3, -0.25) is 9.88 Å². The maximum atomic E-state index is 10.6. The fourth-order valence-corrected chi connectivity index (χ4v) is 5.48. The maximum Gasteiger partial charge on any atom is 0.490 e. The Labute approximate surface area is 209 Å². The van der Waals surface area contributed by atoms with Gasteiger partial charge in [-0.05, 0) is 18.6 Å². The summed E-state index contributed by atoms with van der Waals surface area (Å²) < 4.78 is 69.9. The molecule has 2 N–H and O–H groups in total. The zero-order valence-electron chi connectivity index (χ0n) is 18.3. The first-order chi connectivity index (χ1) is 16.7. The van der Waals surface area contributed by atoms with Crippen molar-refractivity contribution in [3.05, 3.63) is 46.7 Å². The molecule has 0 aromatic carbocycles. The first-order valence-electron chi connectivity index (χ1n) is 10.1. The van der Waals surface area contributed by atoms with Crippen LogP contribution in [0, 0.1) is 0 Å². The summed E-state index contributed by atoms with van der Waals surface area (Å²) in [6.07, 6.45) is -4.92. The van der Waals surface area contributed by atoms with Crippen LogP contribution in [0.25, 0.3) is 0 Å². The molecule has 1 spiro atoms. The molecule has 2 saturated heterocycles. The molecule has 1 atom stereocenters. The van der Waals surface area contributed by atoms with Crippen molar-refractivity contribution in [1.82, 2.24) is 14.9 Å². The van der Waals surface area contributed by atoms with E-state index in [1.807, 2.05) is 30.6 Å². The monoisotopic (exact) mass is 561 g/mol. The molecule has 0 aliphatic carbocycles. The number of carboxylic acid groups (broad SMARTS) is 2. The van der Waals surface area contributed by atoms with Crippen LogP contribution in [0.4, 0.5) is 26.3 Å². The van der Waals surface area contributed by atoms with E-state index in [-0.39, 0.29) is 0 Å². The Balaban J connectivity index is 0.000000271. The second-order valence-corrected chi connectivity index (χ2v) is 10.1. The molecule has 2 aliphatic heterocycles. The smallest absolute Gasteiger partial charge is 0.475 e. The Kier molecular flexibility index (Phi) is 10.5. The van der Waals surface area contributed by atoms with Crippen molar-refractivity contribution in [3.63, 3.8) is 0 Å². The lowest BCUT2D eigenvalue weighted by atomic mass is 9.93. The van der Waals surface area contributed by atoms with E-state index in [2.05, 4.69) is 32.0 Å². The van der Waals surface area contributed by atoms with Crippen molar-refractivity contribution in [2.75, 3.05) is 18.8 Å². The van der Waals surface area contributed by atoms with Crippen molar-refractivity contribution < 1.29 is 50.9 Å². The van der Waals surface area contributed by atoms with Gasteiger partial charge in [0.05, 0.1) is 24.9 Å². The van der Waals surface area contributed by atoms with Crippen molar-refractivity contribution in [3.8, 4) is 0 Å². The number of ether oxygens (including phenoxy) is 1. The highest BCUT2D eigenvalue weighted by molar-refractivity contribution is 8.01. The van der Waals surface area contributed by atoms with Crippen molar-refractivity contribution in [2.24, 2.45) is 0 Å². The Bertz CT molecular complexity index is 946. The van der Waals surface area contributed by atoms with E-state index < -0.39 is 24.3 Å². The van der Waals surface area contributed by atoms with Gasteiger partial charge in [0.2, 0.25) is 0 Å². The van der Waals surface area contributed by atoms with E-state index in [0.717, 1.165) is 18.0 Å². The van der Waals surface area contributed by atoms with Crippen LogP contribution in [-0.4, -0.2) is 79.1 Å². The van der Waals surface area contributed by atoms with Gasteiger partial charge in [0, 0.05) is 41.4 Å². The van der Waals surface area contributed by atoms with Gasteiger partial charge >= 0.3 is 24.3 Å². The average molecular weight is 562 g/mol. The van der Waals surface area contributed by atoms with E-state index in [1.54, 1.807) is 11.3 Å². The van der Waals surface area contributed by atoms with Crippen LogP contribution in [0.5, 0.6) is 0 Å². The number of rotatable bonds is 5. The summed E-state index contributed by atoms with van der Waals surface area (Å²) >= 11 is 3.83. The van der Waals surface area contributed by atoms with Gasteiger partial charge in [-0.25, -0.2) is 14.6 Å². The second-order valence-electron chi connectivity index (χ2n) is 7.63. The number of likely N-dealkylation sites (tertiary alicyclic amines) is 1. The molecule has 0 saturated carbocycles. The van der Waals surface area contributed by atoms with Crippen molar-refractivity contribution >= 4 is 35.0 Å². The van der Waals surface area contributed by atoms with E-state index in [4.69, 9.17) is 24.5 Å². The van der Waals surface area contributed by atoms with Crippen LogP contribution in [0.1, 0.15) is 17.1 Å². The van der Waals surface area contributed by atoms with Gasteiger partial charge in [-0.1, -0.05) is 6.07 Å². The molecule has 0 amide bonds. The fraction of sp³-hybridized carbons (Fsp3) is 0.500. The van der Waals surface area contributed by atoms with E-state index in [9.17, 15) is 26.3 Å². The summed E-state index contributed by atoms with van der Waals surface area (Å²) in [5.74, 6) is -4.40. The highest BCUT2D eigenvalue weighted by Gasteiger charge is 2.49. The van der Waals surface area contributed by atoms with E-state index in [0.29, 0.717) is 17.5 Å². The lowest BCUT2D eigenvalue weighted by molar-refractivity contribution is -0.193. The summed E-state index contributed by atoms with van der Waals surface area (Å²) in [4.78, 5) is 29.0. The molecule has 2 aromatic rings. The number of halogens is 6. The van der Waals surface area contributed by atoms with E-state index in [1.165, 1.54) is 24.5 Å². The van der Waals surface area contributed by atoms with Gasteiger partial charge in [0.15, 0.2) is 0 Å². The third-order valence-electron chi connectivity index (χ3n) is 4.72. The minimum atomic E-state index is -5.08. The number of carboxylic acids is 2. The summed E-state index contributed by atoms with van der Waals surface area (Å²) in [5, 5.41) is 17.5. The molecule has 8 nitrogen and oxygen atoms in total. The Hall–Kier alpha value is -2.43. The van der Waals surface area contributed by atoms with Gasteiger partial charge in [-0.2, -0.15) is 26.3 Å². The first-order valence-corrected chi connectivity index (χ1v) is 11.9. The number of pyridine rings is 1. The number of hydrogen-bond donors (Lipinski definition) is 2. The summed E-state index contributed by atoms with van der Waals surface area (Å²) in [6, 6.07) is 5.98. The average Bonchev–Trinajstić information content (AvgIpc) is 3.43. The fourth-order valence-electron chi connectivity index (χ4n) is 3.22. The summed E-state index contributed by atoms with van der Waals surface area (Å²) in [5.41, 5.74) is 1.02. The minimum absolute atomic E-state index is 0.369. The van der Waals surface area contributed by atoms with Crippen LogP contribution >= 0.6 is 23.1 Å². The van der Waals surface area contributed by atoms with Crippen molar-refractivity contribution in [2.45, 2.75) is 42.8 Å². The van der Waals surface area contributed by atoms with Crippen LogP contribution in [0.3, 0.4) is 0 Å². The Morgan fingerprint density at radius 1 is 1.06 bits per heavy atom. The van der Waals surface area contributed by atoms with Crippen LogP contribution in [0.2, 0.25) is 0 Å². The van der Waals surface area contributed by atoms with Crippen LogP contribution in [-0.2, 0) is 27.5 Å². The molecular formula is C20H21F6N3O5S2. The van der Waals surface area contributed by atoms with E-state index >= 15 is 0 Å². The predicted molar refractivity (Wildman–Crippen MR) is 117 cm³/mol. The maximum absolute atomic E-state index is 10.6. The molecule has 2 fully saturated rings. The number of carbonyl (C=O) groups is 2. The molecule has 4 rings (SSSR count). The number of aromatic nitrogens is 2. The van der Waals surface area contributed by atoms with Gasteiger partial charge in [-0.15, -0.1) is 23.1 Å². The molecule has 16 heteroatoms. The summed E-state index contributed by atoms with van der Waals surface area (Å²) in [7, 11) is 0. The number of nitrogens with zero attached hydrogens (tertiary/aromatic N) is 3. The molecular weight excluding hydrogens is 540 g/mol. The molecule has 200 valence electrons. The van der Waals surface area contributed by atoms with Gasteiger partial charge < -0.3 is 14.9 Å². The Morgan fingerprint density at radius 3 is 2.14 bits per heavy atom. The quantitative estimate of drug-likeness (QED) is 0.522. The molecule has 36 heavy (non-hydrogen) atoms. The molecule has 1 unspecified atom stereocenters. The number of aliphatic carboxylic acids is 2. The van der Waals surface area contributed by atoms with Gasteiger partial charge in [0.1, 0.15) is 5.01 Å². The topological polar surface area (TPSA) is 113 Å². The standard InChI is InChI=1S/C16H19N3OS2.2C2HF3O2/c1-2-4-17-13(3-1)9-20-14-7-16(22-10-14)11-19(12-16)8-15-18-5-6-21-15;2*3-2(4,5)1(6)7/h1-6,14H,7-12H2;2*(H,6,7). The number of thioether (sulfide) groups is 1. The first kappa shape index (κ1) is 29.8. The van der Waals surface area contributed by atoms with Crippen LogP contribution in [0.15, 0.2) is 36.0 Å². The lowest BCUT2D eigenvalue weighted by Gasteiger charge is -2.47. The number of hydrogen-bond acceptors (Lipinski definition) is 8. The third-order valence-corrected chi connectivity index (χ3v) is 7.06. The lowest BCUT2D eigenvalue weighted by Crippen LogP contribution is -2.58. The normalized spacial score (nSPS) is 18.9. The number of thiazole rings is 1. The SMILES string of the molecule is O=C(O)C(F)(F)F.O=C(O)C(F)(F)F.c1ccc(COC2CSC3(C2)CN(Cc2nccs2)C3)nc1.